The van der Waals surface area contributed by atoms with Gasteiger partial charge in [0.2, 0.25) is 0 Å². The molecule has 0 amide bonds. The zero-order valence-electron chi connectivity index (χ0n) is 13.8. The van der Waals surface area contributed by atoms with Crippen molar-refractivity contribution < 1.29 is 5.11 Å². The SMILES string of the molecule is Cn1ncc2c1CCCC2NCCCCN1CCCC1CO. The van der Waals surface area contributed by atoms with Crippen LogP contribution in [-0.2, 0) is 13.5 Å². The summed E-state index contributed by atoms with van der Waals surface area (Å²) < 4.78 is 2.03. The van der Waals surface area contributed by atoms with E-state index >= 15 is 0 Å². The first-order valence-electron chi connectivity index (χ1n) is 8.88. The molecule has 0 bridgehead atoms. The first-order valence-corrected chi connectivity index (χ1v) is 8.88. The van der Waals surface area contributed by atoms with E-state index < -0.39 is 0 Å². The summed E-state index contributed by atoms with van der Waals surface area (Å²) in [5, 5.41) is 17.5. The molecule has 124 valence electrons. The summed E-state index contributed by atoms with van der Waals surface area (Å²) in [5.74, 6) is 0. The van der Waals surface area contributed by atoms with Gasteiger partial charge in [-0.2, -0.15) is 5.10 Å². The van der Waals surface area contributed by atoms with Gasteiger partial charge >= 0.3 is 0 Å². The standard InChI is InChI=1S/C17H30N4O/c1-20-17-8-4-7-16(15(17)12-19-20)18-9-2-3-10-21-11-5-6-14(21)13-22/h12,14,16,18,22H,2-11,13H2,1H3. The van der Waals surface area contributed by atoms with Crippen molar-refractivity contribution in [3.05, 3.63) is 17.5 Å². The Balaban J connectivity index is 1.37. The van der Waals surface area contributed by atoms with Crippen LogP contribution < -0.4 is 5.32 Å². The van der Waals surface area contributed by atoms with Crippen molar-refractivity contribution in [1.82, 2.24) is 20.0 Å². The molecule has 0 saturated carbocycles. The maximum absolute atomic E-state index is 9.34. The first-order chi connectivity index (χ1) is 10.8. The summed E-state index contributed by atoms with van der Waals surface area (Å²) in [4.78, 5) is 2.46. The van der Waals surface area contributed by atoms with Crippen LogP contribution in [0, 0.1) is 0 Å². The van der Waals surface area contributed by atoms with Crippen molar-refractivity contribution in [3.63, 3.8) is 0 Å². The Morgan fingerprint density at radius 3 is 3.09 bits per heavy atom. The monoisotopic (exact) mass is 306 g/mol. The summed E-state index contributed by atoms with van der Waals surface area (Å²) in [6, 6.07) is 0.915. The van der Waals surface area contributed by atoms with Crippen LogP contribution in [0.3, 0.4) is 0 Å². The molecule has 2 atom stereocenters. The molecule has 0 radical (unpaired) electrons. The number of aliphatic hydroxyl groups is 1. The number of likely N-dealkylation sites (tertiary alicyclic amines) is 1. The van der Waals surface area contributed by atoms with Crippen LogP contribution >= 0.6 is 0 Å². The van der Waals surface area contributed by atoms with Gasteiger partial charge in [-0.3, -0.25) is 9.58 Å². The number of aliphatic hydroxyl groups excluding tert-OH is 1. The highest BCUT2D eigenvalue weighted by Crippen LogP contribution is 2.29. The lowest BCUT2D eigenvalue weighted by Gasteiger charge is -2.25. The molecule has 1 fully saturated rings. The molecule has 0 spiro atoms. The third-order valence-corrected chi connectivity index (χ3v) is 5.35. The molecule has 22 heavy (non-hydrogen) atoms. The summed E-state index contributed by atoms with van der Waals surface area (Å²) in [6.07, 6.45) is 10.5. The van der Waals surface area contributed by atoms with E-state index in [0.29, 0.717) is 18.7 Å². The minimum absolute atomic E-state index is 0.324. The average Bonchev–Trinajstić information content (AvgIpc) is 3.14. The molecule has 1 aliphatic carbocycles. The number of aryl methyl sites for hydroxylation is 1. The van der Waals surface area contributed by atoms with Gasteiger partial charge in [0, 0.05) is 30.4 Å². The van der Waals surface area contributed by atoms with Crippen LogP contribution in [-0.4, -0.2) is 52.1 Å². The topological polar surface area (TPSA) is 53.3 Å². The summed E-state index contributed by atoms with van der Waals surface area (Å²) in [5.41, 5.74) is 2.82. The highest BCUT2D eigenvalue weighted by atomic mass is 16.3. The predicted octanol–water partition coefficient (Wildman–Crippen LogP) is 1.62. The van der Waals surface area contributed by atoms with E-state index in [1.807, 2.05) is 10.9 Å². The molecule has 1 saturated heterocycles. The lowest BCUT2D eigenvalue weighted by molar-refractivity contribution is 0.157. The quantitative estimate of drug-likeness (QED) is 0.752. The van der Waals surface area contributed by atoms with Crippen LogP contribution in [0.2, 0.25) is 0 Å². The highest BCUT2D eigenvalue weighted by Gasteiger charge is 2.24. The number of nitrogens with one attached hydrogen (secondary N) is 1. The highest BCUT2D eigenvalue weighted by molar-refractivity contribution is 5.24. The normalized spacial score (nSPS) is 25.5. The van der Waals surface area contributed by atoms with Crippen molar-refractivity contribution in [2.45, 2.75) is 57.0 Å². The van der Waals surface area contributed by atoms with Crippen molar-refractivity contribution >= 4 is 0 Å². The van der Waals surface area contributed by atoms with E-state index in [1.165, 1.54) is 62.7 Å². The second kappa shape index (κ2) is 7.57. The minimum Gasteiger partial charge on any atom is -0.395 e. The van der Waals surface area contributed by atoms with Crippen molar-refractivity contribution in [1.29, 1.82) is 0 Å². The molecule has 3 rings (SSSR count). The van der Waals surface area contributed by atoms with Gasteiger partial charge in [0.1, 0.15) is 0 Å². The van der Waals surface area contributed by atoms with E-state index in [0.717, 1.165) is 13.1 Å². The summed E-state index contributed by atoms with van der Waals surface area (Å²) in [7, 11) is 2.05. The van der Waals surface area contributed by atoms with Gasteiger partial charge in [-0.05, 0) is 64.6 Å². The van der Waals surface area contributed by atoms with E-state index in [1.54, 1.807) is 0 Å². The lowest BCUT2D eigenvalue weighted by Crippen LogP contribution is -2.33. The fourth-order valence-corrected chi connectivity index (χ4v) is 4.03. The molecule has 1 aromatic rings. The Morgan fingerprint density at radius 1 is 1.32 bits per heavy atom. The predicted molar refractivity (Wildman–Crippen MR) is 87.8 cm³/mol. The number of hydrogen-bond acceptors (Lipinski definition) is 4. The van der Waals surface area contributed by atoms with Gasteiger partial charge < -0.3 is 10.4 Å². The number of aromatic nitrogens is 2. The molecule has 1 aliphatic heterocycles. The Kier molecular flexibility index (Phi) is 5.50. The van der Waals surface area contributed by atoms with Gasteiger partial charge in [0.05, 0.1) is 12.8 Å². The molecule has 1 aromatic heterocycles. The van der Waals surface area contributed by atoms with Crippen LogP contribution in [0.25, 0.3) is 0 Å². The Bertz CT molecular complexity index is 473. The minimum atomic E-state index is 0.324. The smallest absolute Gasteiger partial charge is 0.0586 e. The second-order valence-corrected chi connectivity index (χ2v) is 6.79. The third-order valence-electron chi connectivity index (χ3n) is 5.35. The average molecular weight is 306 g/mol. The molecule has 5 nitrogen and oxygen atoms in total. The van der Waals surface area contributed by atoms with Crippen molar-refractivity contribution in [3.8, 4) is 0 Å². The number of fused-ring (bicyclic) bond motifs is 1. The molecule has 5 heteroatoms. The Hall–Kier alpha value is -0.910. The molecule has 2 N–H and O–H groups in total. The van der Waals surface area contributed by atoms with Gasteiger partial charge in [0.25, 0.3) is 0 Å². The van der Waals surface area contributed by atoms with Gasteiger partial charge in [-0.25, -0.2) is 0 Å². The molecule has 2 unspecified atom stereocenters. The maximum Gasteiger partial charge on any atom is 0.0586 e. The molecule has 2 heterocycles. The maximum atomic E-state index is 9.34. The largest absolute Gasteiger partial charge is 0.395 e. The second-order valence-electron chi connectivity index (χ2n) is 6.79. The van der Waals surface area contributed by atoms with Crippen LogP contribution in [0.1, 0.15) is 55.8 Å². The Labute approximate surface area is 133 Å². The third kappa shape index (κ3) is 3.53. The number of unbranched alkanes of at least 4 members (excludes halogenated alkanes) is 1. The van der Waals surface area contributed by atoms with Crippen LogP contribution in [0.4, 0.5) is 0 Å². The summed E-state index contributed by atoms with van der Waals surface area (Å²) >= 11 is 0. The van der Waals surface area contributed by atoms with Gasteiger partial charge in [-0.1, -0.05) is 0 Å². The van der Waals surface area contributed by atoms with Crippen molar-refractivity contribution in [2.24, 2.45) is 7.05 Å². The fourth-order valence-electron chi connectivity index (χ4n) is 4.03. The fraction of sp³-hybridized carbons (Fsp3) is 0.824. The number of rotatable bonds is 7. The molecule has 2 aliphatic rings. The van der Waals surface area contributed by atoms with E-state index in [2.05, 4.69) is 22.4 Å². The van der Waals surface area contributed by atoms with Gasteiger partial charge in [-0.15, -0.1) is 0 Å². The first kappa shape index (κ1) is 16.0. The van der Waals surface area contributed by atoms with E-state index in [-0.39, 0.29) is 0 Å². The van der Waals surface area contributed by atoms with Crippen molar-refractivity contribution in [2.75, 3.05) is 26.2 Å². The molecule has 0 aromatic carbocycles. The van der Waals surface area contributed by atoms with Crippen LogP contribution in [0.15, 0.2) is 6.20 Å². The molecular formula is C17H30N4O. The molecular weight excluding hydrogens is 276 g/mol. The van der Waals surface area contributed by atoms with E-state index in [4.69, 9.17) is 0 Å². The lowest BCUT2D eigenvalue weighted by atomic mass is 9.93. The van der Waals surface area contributed by atoms with Crippen LogP contribution in [0.5, 0.6) is 0 Å². The zero-order chi connectivity index (χ0) is 15.4. The Morgan fingerprint density at radius 2 is 2.23 bits per heavy atom. The number of hydrogen-bond donors (Lipinski definition) is 2. The summed E-state index contributed by atoms with van der Waals surface area (Å²) in [6.45, 7) is 3.71. The zero-order valence-corrected chi connectivity index (χ0v) is 13.8. The van der Waals surface area contributed by atoms with Gasteiger partial charge in [0.15, 0.2) is 0 Å². The number of nitrogens with zero attached hydrogens (tertiary/aromatic N) is 3. The van der Waals surface area contributed by atoms with E-state index in [9.17, 15) is 5.11 Å².